The molecule has 0 bridgehead atoms. The third-order valence-electron chi connectivity index (χ3n) is 7.42. The second-order valence-corrected chi connectivity index (χ2v) is 10.6. The minimum Gasteiger partial charge on any atom is -0.284 e. The molecule has 1 aliphatic carbocycles. The number of hydrogen-bond acceptors (Lipinski definition) is 5. The van der Waals surface area contributed by atoms with Crippen molar-refractivity contribution < 1.29 is 13.2 Å². The maximum atomic E-state index is 15.9. The highest BCUT2D eigenvalue weighted by molar-refractivity contribution is 6.31. The lowest BCUT2D eigenvalue weighted by Crippen LogP contribution is -2.21. The van der Waals surface area contributed by atoms with Gasteiger partial charge in [0.25, 0.3) is 5.56 Å². The predicted octanol–water partition coefficient (Wildman–Crippen LogP) is 6.99. The number of aromatic nitrogens is 5. The van der Waals surface area contributed by atoms with Crippen molar-refractivity contribution in [3.63, 3.8) is 0 Å². The predicted molar refractivity (Wildman–Crippen MR) is 157 cm³/mol. The Balaban J connectivity index is 1.54. The molecule has 216 valence electrons. The fraction of sp³-hybridized carbons (Fsp3) is 0.258. The highest BCUT2D eigenvalue weighted by atomic mass is 35.5. The summed E-state index contributed by atoms with van der Waals surface area (Å²) in [6, 6.07) is 9.33. The minimum atomic E-state index is -0.964. The Labute approximate surface area is 245 Å². The molecule has 3 aromatic heterocycles. The first-order chi connectivity index (χ1) is 20.0. The van der Waals surface area contributed by atoms with E-state index >= 15 is 8.78 Å². The maximum absolute atomic E-state index is 15.9. The molecule has 3 heterocycles. The van der Waals surface area contributed by atoms with Gasteiger partial charge in [0.05, 0.1) is 6.20 Å². The zero-order chi connectivity index (χ0) is 30.3. The SMILES string of the molecule is C/C=C/N=C(/C(F)=C/n1c(C)cc(C2C(C)C2c2ccc(F)cc2)c(Cl)c1=O)c1ccnc(-n2nc(C)nc2C)c1F. The number of nitrogens with zero attached hydrogens (tertiary/aromatic N) is 6. The van der Waals surface area contributed by atoms with E-state index in [1.165, 1.54) is 35.3 Å². The number of halogens is 4. The lowest BCUT2D eigenvalue weighted by atomic mass is 10.0. The summed E-state index contributed by atoms with van der Waals surface area (Å²) in [4.78, 5) is 25.8. The van der Waals surface area contributed by atoms with Gasteiger partial charge >= 0.3 is 0 Å². The molecule has 0 saturated heterocycles. The van der Waals surface area contributed by atoms with Crippen LogP contribution in [0.3, 0.4) is 0 Å². The number of benzene rings is 1. The van der Waals surface area contributed by atoms with Gasteiger partial charge in [-0.15, -0.1) is 5.10 Å². The van der Waals surface area contributed by atoms with Crippen molar-refractivity contribution in [1.29, 1.82) is 0 Å². The molecule has 0 N–H and O–H groups in total. The summed E-state index contributed by atoms with van der Waals surface area (Å²) in [5, 5.41) is 4.14. The Bertz CT molecular complexity index is 1820. The first-order valence-corrected chi connectivity index (χ1v) is 13.7. The van der Waals surface area contributed by atoms with Gasteiger partial charge in [-0.05, 0) is 80.8 Å². The van der Waals surface area contributed by atoms with E-state index in [1.807, 2.05) is 6.92 Å². The van der Waals surface area contributed by atoms with Crippen LogP contribution in [0.15, 0.2) is 70.5 Å². The zero-order valence-electron chi connectivity index (χ0n) is 23.6. The monoisotopic (exact) mass is 592 g/mol. The van der Waals surface area contributed by atoms with E-state index in [0.717, 1.165) is 16.3 Å². The maximum Gasteiger partial charge on any atom is 0.273 e. The van der Waals surface area contributed by atoms with E-state index in [9.17, 15) is 9.18 Å². The van der Waals surface area contributed by atoms with Gasteiger partial charge in [0.1, 0.15) is 28.2 Å². The number of pyridine rings is 2. The van der Waals surface area contributed by atoms with Crippen molar-refractivity contribution in [1.82, 2.24) is 24.3 Å². The van der Waals surface area contributed by atoms with Crippen molar-refractivity contribution in [2.24, 2.45) is 10.9 Å². The molecule has 0 aliphatic heterocycles. The Morgan fingerprint density at radius 3 is 2.45 bits per heavy atom. The summed E-state index contributed by atoms with van der Waals surface area (Å²) in [6.07, 6.45) is 5.16. The van der Waals surface area contributed by atoms with Gasteiger partial charge in [-0.3, -0.25) is 14.4 Å². The van der Waals surface area contributed by atoms with Crippen molar-refractivity contribution in [2.45, 2.75) is 46.5 Å². The van der Waals surface area contributed by atoms with Crippen LogP contribution in [0.25, 0.3) is 12.0 Å². The number of aryl methyl sites for hydroxylation is 3. The van der Waals surface area contributed by atoms with Gasteiger partial charge in [0.2, 0.25) is 0 Å². The smallest absolute Gasteiger partial charge is 0.273 e. The molecule has 1 fully saturated rings. The van der Waals surface area contributed by atoms with Crippen LogP contribution >= 0.6 is 11.6 Å². The van der Waals surface area contributed by atoms with Crippen LogP contribution < -0.4 is 5.56 Å². The second-order valence-electron chi connectivity index (χ2n) is 10.2. The summed E-state index contributed by atoms with van der Waals surface area (Å²) < 4.78 is 47.5. The molecule has 4 aromatic rings. The Morgan fingerprint density at radius 2 is 1.81 bits per heavy atom. The Hall–Kier alpha value is -4.31. The van der Waals surface area contributed by atoms with Crippen LogP contribution in [0.4, 0.5) is 13.2 Å². The molecule has 0 amide bonds. The first-order valence-electron chi connectivity index (χ1n) is 13.3. The third kappa shape index (κ3) is 5.34. The number of aliphatic imine (C=N–C) groups is 1. The average Bonchev–Trinajstić information content (AvgIpc) is 3.50. The summed E-state index contributed by atoms with van der Waals surface area (Å²) in [5.74, 6) is -1.27. The van der Waals surface area contributed by atoms with Crippen LogP contribution in [0.5, 0.6) is 0 Å². The van der Waals surface area contributed by atoms with Crippen LogP contribution in [-0.4, -0.2) is 30.0 Å². The average molecular weight is 593 g/mol. The molecular weight excluding hydrogens is 565 g/mol. The van der Waals surface area contributed by atoms with Crippen LogP contribution in [0.2, 0.25) is 5.02 Å². The molecule has 3 atom stereocenters. The molecule has 3 unspecified atom stereocenters. The van der Waals surface area contributed by atoms with E-state index < -0.39 is 17.2 Å². The fourth-order valence-corrected chi connectivity index (χ4v) is 5.63. The summed E-state index contributed by atoms with van der Waals surface area (Å²) in [5.41, 5.74) is 0.897. The molecule has 11 heteroatoms. The Morgan fingerprint density at radius 1 is 1.10 bits per heavy atom. The summed E-state index contributed by atoms with van der Waals surface area (Å²) >= 11 is 6.57. The molecule has 7 nitrogen and oxygen atoms in total. The number of hydrogen-bond donors (Lipinski definition) is 0. The molecular formula is C31H28ClF3N6O. The molecule has 0 spiro atoms. The summed E-state index contributed by atoms with van der Waals surface area (Å²) in [7, 11) is 0. The van der Waals surface area contributed by atoms with Crippen LogP contribution in [0.1, 0.15) is 59.7 Å². The molecule has 5 rings (SSSR count). The van der Waals surface area contributed by atoms with Gasteiger partial charge < -0.3 is 0 Å². The highest BCUT2D eigenvalue weighted by Gasteiger charge is 2.49. The van der Waals surface area contributed by atoms with Crippen molar-refractivity contribution in [2.75, 3.05) is 0 Å². The van der Waals surface area contributed by atoms with E-state index in [4.69, 9.17) is 11.6 Å². The largest absolute Gasteiger partial charge is 0.284 e. The van der Waals surface area contributed by atoms with Gasteiger partial charge in [-0.1, -0.05) is 36.7 Å². The minimum absolute atomic E-state index is 0.0348. The van der Waals surface area contributed by atoms with Gasteiger partial charge in [0, 0.05) is 23.7 Å². The highest BCUT2D eigenvalue weighted by Crippen LogP contribution is 2.61. The summed E-state index contributed by atoms with van der Waals surface area (Å²) in [6.45, 7) is 8.70. The van der Waals surface area contributed by atoms with Crippen molar-refractivity contribution in [3.05, 3.63) is 122 Å². The molecule has 0 radical (unpaired) electrons. The number of allylic oxidation sites excluding steroid dienone is 2. The molecule has 1 saturated carbocycles. The lowest BCUT2D eigenvalue weighted by Gasteiger charge is -2.13. The van der Waals surface area contributed by atoms with E-state index in [-0.39, 0.29) is 45.7 Å². The van der Waals surface area contributed by atoms with E-state index in [1.54, 1.807) is 52.0 Å². The quantitative estimate of drug-likeness (QED) is 0.217. The van der Waals surface area contributed by atoms with Crippen LogP contribution in [-0.2, 0) is 0 Å². The van der Waals surface area contributed by atoms with E-state index in [0.29, 0.717) is 22.9 Å². The topological polar surface area (TPSA) is 78.0 Å². The van der Waals surface area contributed by atoms with Crippen molar-refractivity contribution in [3.8, 4) is 5.82 Å². The van der Waals surface area contributed by atoms with Crippen LogP contribution in [0, 0.1) is 38.3 Å². The Kier molecular flexibility index (Phi) is 8.01. The first kappa shape index (κ1) is 29.2. The van der Waals surface area contributed by atoms with Gasteiger partial charge in [-0.2, -0.15) is 4.68 Å². The lowest BCUT2D eigenvalue weighted by molar-refractivity contribution is 0.592. The molecule has 42 heavy (non-hydrogen) atoms. The van der Waals surface area contributed by atoms with Crippen molar-refractivity contribution >= 4 is 23.5 Å². The number of rotatable bonds is 7. The van der Waals surface area contributed by atoms with Gasteiger partial charge in [0.15, 0.2) is 17.5 Å². The standard InChI is InChI=1S/C31H28ClF3N6O/c1-6-12-36-29(22-11-13-37-30(28(22)35)41-19(5)38-18(4)39-41)24(34)15-40-16(2)14-23(27(32)31(40)42)26-17(3)25(26)20-7-9-21(33)10-8-20/h6-15,17,25-26H,1-5H3/b12-6+,24-15-,36-29+. The second kappa shape index (κ2) is 11.5. The fourth-order valence-electron chi connectivity index (χ4n) is 5.35. The van der Waals surface area contributed by atoms with E-state index in [2.05, 4.69) is 20.1 Å². The molecule has 1 aliphatic rings. The third-order valence-corrected chi connectivity index (χ3v) is 7.80. The van der Waals surface area contributed by atoms with Gasteiger partial charge in [-0.25, -0.2) is 23.1 Å². The normalized spacial score (nSPS) is 19.1. The zero-order valence-corrected chi connectivity index (χ0v) is 24.4. The molecule has 1 aromatic carbocycles.